The Labute approximate surface area is 130 Å². The van der Waals surface area contributed by atoms with E-state index in [9.17, 15) is 0 Å². The van der Waals surface area contributed by atoms with Gasteiger partial charge in [-0.15, -0.1) is 0 Å². The van der Waals surface area contributed by atoms with Crippen LogP contribution >= 0.6 is 23.8 Å². The molecule has 2 unspecified atom stereocenters. The van der Waals surface area contributed by atoms with Crippen molar-refractivity contribution in [1.82, 2.24) is 0 Å². The fourth-order valence-corrected chi connectivity index (χ4v) is 2.54. The molecule has 0 spiro atoms. The average molecular weight is 318 g/mol. The second-order valence-corrected chi connectivity index (χ2v) is 5.41. The van der Waals surface area contributed by atoms with Crippen LogP contribution in [0.15, 0.2) is 6.07 Å². The van der Waals surface area contributed by atoms with Gasteiger partial charge in [-0.3, -0.25) is 0 Å². The summed E-state index contributed by atoms with van der Waals surface area (Å²) in [5.74, 6) is 1.56. The normalized spacial score (nSPS) is 13.5. The zero-order valence-electron chi connectivity index (χ0n) is 12.3. The number of thiocarbonyl (C=S) groups is 1. The van der Waals surface area contributed by atoms with Crippen molar-refractivity contribution in [3.63, 3.8) is 0 Å². The fourth-order valence-electron chi connectivity index (χ4n) is 2.05. The zero-order valence-corrected chi connectivity index (χ0v) is 13.9. The molecule has 2 atom stereocenters. The SMILES string of the molecule is COc1c(Cl)cc(C(C)C(C)C(N)=S)c(OC)c1OC. The van der Waals surface area contributed by atoms with E-state index in [1.54, 1.807) is 20.3 Å². The molecule has 0 aliphatic heterocycles. The number of hydrogen-bond acceptors (Lipinski definition) is 4. The van der Waals surface area contributed by atoms with E-state index >= 15 is 0 Å². The lowest BCUT2D eigenvalue weighted by molar-refractivity contribution is 0.320. The second kappa shape index (κ2) is 6.99. The third kappa shape index (κ3) is 3.10. The highest BCUT2D eigenvalue weighted by Gasteiger charge is 2.26. The molecule has 0 saturated heterocycles. The Balaban J connectivity index is 3.47. The molecule has 0 radical (unpaired) electrons. The number of halogens is 1. The van der Waals surface area contributed by atoms with Gasteiger partial charge in [0.1, 0.15) is 0 Å². The molecule has 1 aromatic carbocycles. The Morgan fingerprint density at radius 1 is 1.10 bits per heavy atom. The molecule has 0 aliphatic rings. The molecule has 0 bridgehead atoms. The minimum atomic E-state index is 0.00747. The van der Waals surface area contributed by atoms with Gasteiger partial charge in [0.05, 0.1) is 31.3 Å². The molecule has 112 valence electrons. The molecule has 0 amide bonds. The highest BCUT2D eigenvalue weighted by atomic mass is 35.5. The molecular formula is C14H20ClNO3S. The lowest BCUT2D eigenvalue weighted by atomic mass is 9.88. The monoisotopic (exact) mass is 317 g/mol. The van der Waals surface area contributed by atoms with Gasteiger partial charge >= 0.3 is 0 Å². The van der Waals surface area contributed by atoms with E-state index in [0.717, 1.165) is 5.56 Å². The van der Waals surface area contributed by atoms with Crippen LogP contribution in [0.2, 0.25) is 5.02 Å². The number of rotatable bonds is 6. The number of nitrogens with two attached hydrogens (primary N) is 1. The molecule has 0 fully saturated rings. The van der Waals surface area contributed by atoms with Crippen molar-refractivity contribution < 1.29 is 14.2 Å². The Kier molecular flexibility index (Phi) is 5.89. The Bertz CT molecular complexity index is 508. The molecule has 20 heavy (non-hydrogen) atoms. The molecule has 0 aromatic heterocycles. The molecule has 0 saturated carbocycles. The van der Waals surface area contributed by atoms with Crippen molar-refractivity contribution in [1.29, 1.82) is 0 Å². The molecule has 4 nitrogen and oxygen atoms in total. The van der Waals surface area contributed by atoms with Gasteiger partial charge < -0.3 is 19.9 Å². The average Bonchev–Trinajstić information content (AvgIpc) is 2.43. The van der Waals surface area contributed by atoms with Gasteiger partial charge in [-0.05, 0) is 12.0 Å². The van der Waals surface area contributed by atoms with Crippen molar-refractivity contribution in [2.75, 3.05) is 21.3 Å². The first-order chi connectivity index (χ1) is 9.38. The van der Waals surface area contributed by atoms with Gasteiger partial charge in [0.2, 0.25) is 5.75 Å². The lowest BCUT2D eigenvalue weighted by Gasteiger charge is -2.24. The molecule has 2 N–H and O–H groups in total. The van der Waals surface area contributed by atoms with Gasteiger partial charge in [0.25, 0.3) is 0 Å². The third-order valence-corrected chi connectivity index (χ3v) is 4.13. The van der Waals surface area contributed by atoms with Crippen LogP contribution in [0, 0.1) is 5.92 Å². The third-order valence-electron chi connectivity index (χ3n) is 3.48. The number of benzene rings is 1. The standard InChI is InChI=1S/C14H20ClNO3S/c1-7(8(2)14(16)20)9-6-10(15)12(18-4)13(19-5)11(9)17-3/h6-8H,1-5H3,(H2,16,20). The Morgan fingerprint density at radius 3 is 2.00 bits per heavy atom. The highest BCUT2D eigenvalue weighted by molar-refractivity contribution is 7.80. The van der Waals surface area contributed by atoms with E-state index in [2.05, 4.69) is 0 Å². The fraction of sp³-hybridized carbons (Fsp3) is 0.500. The Hall–Kier alpha value is -1.20. The van der Waals surface area contributed by atoms with E-state index in [1.807, 2.05) is 13.8 Å². The summed E-state index contributed by atoms with van der Waals surface area (Å²) in [6.45, 7) is 3.99. The van der Waals surface area contributed by atoms with E-state index < -0.39 is 0 Å². The largest absolute Gasteiger partial charge is 0.492 e. The summed E-state index contributed by atoms with van der Waals surface area (Å²) in [5, 5.41) is 0.460. The van der Waals surface area contributed by atoms with Crippen molar-refractivity contribution in [2.24, 2.45) is 11.7 Å². The van der Waals surface area contributed by atoms with Crippen molar-refractivity contribution >= 4 is 28.8 Å². The molecular weight excluding hydrogens is 298 g/mol. The van der Waals surface area contributed by atoms with Crippen LogP contribution in [0.1, 0.15) is 25.3 Å². The minimum absolute atomic E-state index is 0.00747. The molecule has 0 aliphatic carbocycles. The first-order valence-electron chi connectivity index (χ1n) is 6.16. The molecule has 1 aromatic rings. The van der Waals surface area contributed by atoms with Gasteiger partial charge in [-0.25, -0.2) is 0 Å². The summed E-state index contributed by atoms with van der Waals surface area (Å²) in [6.07, 6.45) is 0. The van der Waals surface area contributed by atoms with Crippen LogP contribution in [0.25, 0.3) is 0 Å². The summed E-state index contributed by atoms with van der Waals surface area (Å²) in [6, 6.07) is 1.81. The van der Waals surface area contributed by atoms with E-state index in [-0.39, 0.29) is 11.8 Å². The lowest BCUT2D eigenvalue weighted by Crippen LogP contribution is -2.23. The number of methoxy groups -OCH3 is 3. The van der Waals surface area contributed by atoms with Crippen LogP contribution in [0.5, 0.6) is 17.2 Å². The number of ether oxygens (including phenoxy) is 3. The maximum Gasteiger partial charge on any atom is 0.205 e. The predicted molar refractivity (Wildman–Crippen MR) is 85.5 cm³/mol. The summed E-state index contributed by atoms with van der Waals surface area (Å²) in [4.78, 5) is 0.450. The maximum atomic E-state index is 6.25. The van der Waals surface area contributed by atoms with Gasteiger partial charge in [-0.1, -0.05) is 37.7 Å². The second-order valence-electron chi connectivity index (χ2n) is 4.53. The quantitative estimate of drug-likeness (QED) is 0.815. The zero-order chi connectivity index (χ0) is 15.4. The van der Waals surface area contributed by atoms with Gasteiger partial charge in [0, 0.05) is 11.5 Å². The molecule has 0 heterocycles. The Morgan fingerprint density at radius 2 is 1.60 bits per heavy atom. The van der Waals surface area contributed by atoms with Crippen LogP contribution in [0.4, 0.5) is 0 Å². The van der Waals surface area contributed by atoms with Gasteiger partial charge in [0.15, 0.2) is 11.5 Å². The van der Waals surface area contributed by atoms with E-state index in [0.29, 0.717) is 27.3 Å². The summed E-state index contributed by atoms with van der Waals surface area (Å²) in [5.41, 5.74) is 6.62. The van der Waals surface area contributed by atoms with Crippen molar-refractivity contribution in [2.45, 2.75) is 19.8 Å². The molecule has 1 rings (SSSR count). The van der Waals surface area contributed by atoms with Crippen molar-refractivity contribution in [3.8, 4) is 17.2 Å². The van der Waals surface area contributed by atoms with Crippen molar-refractivity contribution in [3.05, 3.63) is 16.7 Å². The molecule has 6 heteroatoms. The topological polar surface area (TPSA) is 53.7 Å². The van der Waals surface area contributed by atoms with E-state index in [4.69, 9.17) is 43.8 Å². The van der Waals surface area contributed by atoms with Crippen LogP contribution in [0.3, 0.4) is 0 Å². The van der Waals surface area contributed by atoms with Crippen LogP contribution in [-0.4, -0.2) is 26.3 Å². The smallest absolute Gasteiger partial charge is 0.205 e. The first-order valence-corrected chi connectivity index (χ1v) is 6.95. The van der Waals surface area contributed by atoms with E-state index in [1.165, 1.54) is 7.11 Å². The summed E-state index contributed by atoms with van der Waals surface area (Å²) in [7, 11) is 4.65. The summed E-state index contributed by atoms with van der Waals surface area (Å²) >= 11 is 11.3. The first kappa shape index (κ1) is 16.9. The van der Waals surface area contributed by atoms with Gasteiger partial charge in [-0.2, -0.15) is 0 Å². The van der Waals surface area contributed by atoms with Crippen LogP contribution < -0.4 is 19.9 Å². The number of hydrogen-bond donors (Lipinski definition) is 1. The summed E-state index contributed by atoms with van der Waals surface area (Å²) < 4.78 is 16.1. The highest BCUT2D eigenvalue weighted by Crippen LogP contribution is 2.48. The maximum absolute atomic E-state index is 6.25. The van der Waals surface area contributed by atoms with Crippen LogP contribution in [-0.2, 0) is 0 Å². The minimum Gasteiger partial charge on any atom is -0.492 e. The predicted octanol–water partition coefficient (Wildman–Crippen LogP) is 3.39.